The fourth-order valence-electron chi connectivity index (χ4n) is 3.49. The number of carbonyl (C=O) groups excluding carboxylic acids is 1. The number of nitrogens with one attached hydrogen (secondary N) is 1. The van der Waals surface area contributed by atoms with Crippen molar-refractivity contribution in [2.75, 3.05) is 6.54 Å². The van der Waals surface area contributed by atoms with Gasteiger partial charge in [0.05, 0.1) is 6.42 Å². The number of aliphatic carboxylic acids is 1. The molecule has 0 heterocycles. The quantitative estimate of drug-likeness (QED) is 0.516. The number of carboxylic acid groups (broad SMARTS) is 1. The SMILES string of the molecule is CCC[C@@H](c1ccc(C(=O)NCCC(=O)O)cc1)[C@H](C)c1ccc(OC(F)(F)F)cc1. The first kappa shape index (κ1) is 24.2. The second-order valence-corrected chi connectivity index (χ2v) is 7.32. The molecule has 31 heavy (non-hydrogen) atoms. The molecule has 0 aliphatic rings. The Labute approximate surface area is 179 Å². The summed E-state index contributed by atoms with van der Waals surface area (Å²) in [5.74, 6) is -1.43. The Hall–Kier alpha value is -3.03. The zero-order chi connectivity index (χ0) is 23.0. The van der Waals surface area contributed by atoms with E-state index in [-0.39, 0.29) is 36.5 Å². The summed E-state index contributed by atoms with van der Waals surface area (Å²) in [6.45, 7) is 4.14. The average Bonchev–Trinajstić information content (AvgIpc) is 2.71. The molecule has 0 saturated carbocycles. The Morgan fingerprint density at radius 1 is 1.03 bits per heavy atom. The first-order chi connectivity index (χ1) is 14.6. The van der Waals surface area contributed by atoms with Crippen molar-refractivity contribution >= 4 is 11.9 Å². The number of amides is 1. The van der Waals surface area contributed by atoms with Gasteiger partial charge in [0.15, 0.2) is 0 Å². The van der Waals surface area contributed by atoms with Gasteiger partial charge >= 0.3 is 12.3 Å². The number of hydrogen-bond donors (Lipinski definition) is 2. The van der Waals surface area contributed by atoms with Crippen LogP contribution in [0.5, 0.6) is 5.75 Å². The molecular weight excluding hydrogens is 411 g/mol. The molecule has 0 fully saturated rings. The second-order valence-electron chi connectivity index (χ2n) is 7.32. The summed E-state index contributed by atoms with van der Waals surface area (Å²) in [6.07, 6.45) is -3.08. The fraction of sp³-hybridized carbons (Fsp3) is 0.391. The van der Waals surface area contributed by atoms with E-state index in [4.69, 9.17) is 5.11 Å². The van der Waals surface area contributed by atoms with Crippen LogP contribution < -0.4 is 10.1 Å². The second kappa shape index (κ2) is 10.8. The molecule has 2 aromatic carbocycles. The van der Waals surface area contributed by atoms with Gasteiger partial charge in [0, 0.05) is 12.1 Å². The first-order valence-electron chi connectivity index (χ1n) is 10.1. The topological polar surface area (TPSA) is 75.6 Å². The largest absolute Gasteiger partial charge is 0.573 e. The smallest absolute Gasteiger partial charge is 0.481 e. The lowest BCUT2D eigenvalue weighted by molar-refractivity contribution is -0.274. The summed E-state index contributed by atoms with van der Waals surface area (Å²) >= 11 is 0. The predicted octanol–water partition coefficient (Wildman–Crippen LogP) is 5.48. The highest BCUT2D eigenvalue weighted by Gasteiger charge is 2.31. The molecule has 0 bridgehead atoms. The van der Waals surface area contributed by atoms with Crippen molar-refractivity contribution in [2.24, 2.45) is 0 Å². The molecule has 0 aliphatic heterocycles. The Balaban J connectivity index is 2.12. The molecule has 8 heteroatoms. The van der Waals surface area contributed by atoms with E-state index in [2.05, 4.69) is 17.0 Å². The molecule has 0 saturated heterocycles. The number of rotatable bonds is 10. The standard InChI is InChI=1S/C23H26F3NO4/c1-3-4-20(15(2)16-9-11-19(12-10-16)31-23(24,25)26)17-5-7-18(8-6-17)22(30)27-14-13-21(28)29/h5-12,15,20H,3-4,13-14H2,1-2H3,(H,27,30)(H,28,29)/t15-,20-/m1/s1. The van der Waals surface area contributed by atoms with Gasteiger partial charge in [-0.15, -0.1) is 13.2 Å². The Kier molecular flexibility index (Phi) is 8.47. The van der Waals surface area contributed by atoms with E-state index in [0.29, 0.717) is 5.56 Å². The summed E-state index contributed by atoms with van der Waals surface area (Å²) in [6, 6.07) is 13.0. The van der Waals surface area contributed by atoms with E-state index < -0.39 is 12.3 Å². The molecule has 2 aromatic rings. The van der Waals surface area contributed by atoms with Crippen LogP contribution in [0.1, 0.15) is 66.4 Å². The minimum absolute atomic E-state index is 0.0372. The molecule has 2 rings (SSSR count). The van der Waals surface area contributed by atoms with Gasteiger partial charge in [-0.1, -0.05) is 44.5 Å². The maximum absolute atomic E-state index is 12.4. The van der Waals surface area contributed by atoms with E-state index in [1.54, 1.807) is 24.3 Å². The third-order valence-electron chi connectivity index (χ3n) is 5.07. The van der Waals surface area contributed by atoms with E-state index in [9.17, 15) is 22.8 Å². The minimum Gasteiger partial charge on any atom is -0.481 e. The molecular formula is C23H26F3NO4. The van der Waals surface area contributed by atoms with Crippen LogP contribution in [-0.4, -0.2) is 29.9 Å². The van der Waals surface area contributed by atoms with Gasteiger partial charge in [0.25, 0.3) is 5.91 Å². The summed E-state index contributed by atoms with van der Waals surface area (Å²) in [4.78, 5) is 22.7. The number of carbonyl (C=O) groups is 2. The highest BCUT2D eigenvalue weighted by atomic mass is 19.4. The molecule has 0 aromatic heterocycles. The highest BCUT2D eigenvalue weighted by molar-refractivity contribution is 5.94. The van der Waals surface area contributed by atoms with Crippen molar-refractivity contribution in [1.82, 2.24) is 5.32 Å². The summed E-state index contributed by atoms with van der Waals surface area (Å²) in [5, 5.41) is 11.2. The van der Waals surface area contributed by atoms with Gasteiger partial charge in [0.1, 0.15) is 5.75 Å². The Bertz CT molecular complexity index is 864. The molecule has 0 unspecified atom stereocenters. The maximum Gasteiger partial charge on any atom is 0.573 e. The fourth-order valence-corrected chi connectivity index (χ4v) is 3.49. The summed E-state index contributed by atoms with van der Waals surface area (Å²) in [5.41, 5.74) is 2.35. The van der Waals surface area contributed by atoms with Crippen molar-refractivity contribution in [3.8, 4) is 5.75 Å². The average molecular weight is 437 g/mol. The normalized spacial score (nSPS) is 13.3. The zero-order valence-corrected chi connectivity index (χ0v) is 17.4. The lowest BCUT2D eigenvalue weighted by Gasteiger charge is -2.25. The number of carboxylic acids is 1. The molecule has 1 amide bonds. The van der Waals surface area contributed by atoms with E-state index in [0.717, 1.165) is 24.0 Å². The van der Waals surface area contributed by atoms with Gasteiger partial charge in [-0.05, 0) is 53.6 Å². The molecule has 168 valence electrons. The third-order valence-corrected chi connectivity index (χ3v) is 5.07. The zero-order valence-electron chi connectivity index (χ0n) is 17.4. The van der Waals surface area contributed by atoms with Crippen LogP contribution in [0, 0.1) is 0 Å². The highest BCUT2D eigenvalue weighted by Crippen LogP contribution is 2.37. The van der Waals surface area contributed by atoms with E-state index >= 15 is 0 Å². The number of alkyl halides is 3. The number of benzene rings is 2. The number of hydrogen-bond acceptors (Lipinski definition) is 3. The van der Waals surface area contributed by atoms with Crippen molar-refractivity contribution in [3.63, 3.8) is 0 Å². The van der Waals surface area contributed by atoms with Crippen molar-refractivity contribution in [3.05, 3.63) is 65.2 Å². The number of halogens is 3. The Morgan fingerprint density at radius 2 is 1.61 bits per heavy atom. The lowest BCUT2D eigenvalue weighted by atomic mass is 9.80. The summed E-state index contributed by atoms with van der Waals surface area (Å²) in [7, 11) is 0. The van der Waals surface area contributed by atoms with E-state index in [1.807, 2.05) is 19.1 Å². The molecule has 0 aliphatic carbocycles. The molecule has 2 atom stereocenters. The molecule has 0 radical (unpaired) electrons. The van der Waals surface area contributed by atoms with Crippen LogP contribution in [0.25, 0.3) is 0 Å². The van der Waals surface area contributed by atoms with Crippen molar-refractivity contribution in [2.45, 2.75) is 51.3 Å². The summed E-state index contributed by atoms with van der Waals surface area (Å²) < 4.78 is 41.0. The van der Waals surface area contributed by atoms with Crippen LogP contribution in [0.15, 0.2) is 48.5 Å². The monoisotopic (exact) mass is 437 g/mol. The third kappa shape index (κ3) is 7.62. The van der Waals surface area contributed by atoms with Crippen LogP contribution >= 0.6 is 0 Å². The van der Waals surface area contributed by atoms with Gasteiger partial charge in [-0.3, -0.25) is 9.59 Å². The number of ether oxygens (including phenoxy) is 1. The minimum atomic E-state index is -4.72. The molecule has 0 spiro atoms. The molecule has 2 N–H and O–H groups in total. The maximum atomic E-state index is 12.4. The predicted molar refractivity (Wildman–Crippen MR) is 110 cm³/mol. The van der Waals surface area contributed by atoms with Gasteiger partial charge in [0.2, 0.25) is 0 Å². The first-order valence-corrected chi connectivity index (χ1v) is 10.1. The van der Waals surface area contributed by atoms with Gasteiger partial charge in [-0.25, -0.2) is 0 Å². The van der Waals surface area contributed by atoms with Gasteiger partial charge < -0.3 is 15.2 Å². The van der Waals surface area contributed by atoms with Crippen LogP contribution in [-0.2, 0) is 4.79 Å². The van der Waals surface area contributed by atoms with Gasteiger partial charge in [-0.2, -0.15) is 0 Å². The van der Waals surface area contributed by atoms with Crippen LogP contribution in [0.3, 0.4) is 0 Å². The van der Waals surface area contributed by atoms with Crippen molar-refractivity contribution < 1.29 is 32.6 Å². The van der Waals surface area contributed by atoms with Crippen molar-refractivity contribution in [1.29, 1.82) is 0 Å². The molecule has 5 nitrogen and oxygen atoms in total. The van der Waals surface area contributed by atoms with Crippen LogP contribution in [0.2, 0.25) is 0 Å². The van der Waals surface area contributed by atoms with Crippen LogP contribution in [0.4, 0.5) is 13.2 Å². The van der Waals surface area contributed by atoms with E-state index in [1.165, 1.54) is 12.1 Å². The Morgan fingerprint density at radius 3 is 2.13 bits per heavy atom. The lowest BCUT2D eigenvalue weighted by Crippen LogP contribution is -2.26.